The summed E-state index contributed by atoms with van der Waals surface area (Å²) in [6.45, 7) is 4.00. The maximum Gasteiger partial charge on any atom is 0.150 e. The van der Waals surface area contributed by atoms with Crippen LogP contribution in [0.4, 0.5) is 5.82 Å². The van der Waals surface area contributed by atoms with Gasteiger partial charge < -0.3 is 4.90 Å². The third kappa shape index (κ3) is 3.10. The van der Waals surface area contributed by atoms with Crippen LogP contribution in [0.2, 0.25) is 5.02 Å². The largest absolute Gasteiger partial charge is 0.354 e. The molecule has 78 valence electrons. The molecule has 0 N–H and O–H groups in total. The van der Waals surface area contributed by atoms with Crippen molar-refractivity contribution in [2.24, 2.45) is 0 Å². The van der Waals surface area contributed by atoms with Crippen molar-refractivity contribution in [3.05, 3.63) is 17.5 Å². The molecule has 1 rings (SSSR count). The second kappa shape index (κ2) is 6.19. The minimum Gasteiger partial charge on any atom is -0.354 e. The highest BCUT2D eigenvalue weighted by Crippen LogP contribution is 2.21. The summed E-state index contributed by atoms with van der Waals surface area (Å²) in [5.41, 5.74) is 0. The summed E-state index contributed by atoms with van der Waals surface area (Å²) in [6.07, 6.45) is 4.23. The number of hydrogen-bond donors (Lipinski definition) is 0. The number of halogens is 2. The Morgan fingerprint density at radius 2 is 2.29 bits per heavy atom. The molecule has 3 nitrogen and oxygen atoms in total. The summed E-state index contributed by atoms with van der Waals surface area (Å²) in [5, 5.41) is 1.52. The Morgan fingerprint density at radius 3 is 2.86 bits per heavy atom. The van der Waals surface area contributed by atoms with Gasteiger partial charge in [0.05, 0.1) is 6.20 Å². The van der Waals surface area contributed by atoms with E-state index in [9.17, 15) is 0 Å². The average molecular weight is 279 g/mol. The van der Waals surface area contributed by atoms with Crippen molar-refractivity contribution >= 4 is 33.3 Å². The predicted octanol–water partition coefficient (Wildman–Crippen LogP) is 2.74. The first kappa shape index (κ1) is 11.7. The number of alkyl halides is 1. The van der Waals surface area contributed by atoms with E-state index in [1.54, 1.807) is 6.20 Å². The minimum absolute atomic E-state index is 0.613. The van der Waals surface area contributed by atoms with Crippen molar-refractivity contribution < 1.29 is 0 Å². The fourth-order valence-corrected chi connectivity index (χ4v) is 1.89. The molecule has 0 bridgehead atoms. The lowest BCUT2D eigenvalue weighted by Crippen LogP contribution is -2.27. The highest BCUT2D eigenvalue weighted by atomic mass is 79.9. The van der Waals surface area contributed by atoms with Crippen LogP contribution < -0.4 is 4.90 Å². The van der Waals surface area contributed by atoms with E-state index in [-0.39, 0.29) is 0 Å². The summed E-state index contributed by atoms with van der Waals surface area (Å²) in [5.74, 6) is 0.822. The Balaban J connectivity index is 2.81. The van der Waals surface area contributed by atoms with Crippen molar-refractivity contribution in [2.75, 3.05) is 23.3 Å². The smallest absolute Gasteiger partial charge is 0.150 e. The minimum atomic E-state index is 0.613. The molecule has 0 atom stereocenters. The summed E-state index contributed by atoms with van der Waals surface area (Å²) < 4.78 is 0. The predicted molar refractivity (Wildman–Crippen MR) is 63.3 cm³/mol. The highest BCUT2D eigenvalue weighted by molar-refractivity contribution is 9.09. The van der Waals surface area contributed by atoms with Crippen LogP contribution in [0.1, 0.15) is 13.3 Å². The van der Waals surface area contributed by atoms with Gasteiger partial charge in [0.25, 0.3) is 0 Å². The molecule has 14 heavy (non-hydrogen) atoms. The Hall–Kier alpha value is -0.350. The molecule has 0 fully saturated rings. The van der Waals surface area contributed by atoms with Crippen molar-refractivity contribution in [3.8, 4) is 0 Å². The molecular weight excluding hydrogens is 265 g/mol. The SMILES string of the molecule is CCCN(CCBr)c1ncncc1Cl. The molecule has 0 saturated heterocycles. The third-order valence-electron chi connectivity index (χ3n) is 1.80. The first-order valence-electron chi connectivity index (χ1n) is 4.56. The molecule has 1 heterocycles. The van der Waals surface area contributed by atoms with Gasteiger partial charge in [-0.15, -0.1) is 0 Å². The summed E-state index contributed by atoms with van der Waals surface area (Å²) >= 11 is 9.42. The summed E-state index contributed by atoms with van der Waals surface area (Å²) in [4.78, 5) is 10.2. The molecule has 0 aliphatic carbocycles. The van der Waals surface area contributed by atoms with E-state index < -0.39 is 0 Å². The maximum atomic E-state index is 6.01. The van der Waals surface area contributed by atoms with Crippen molar-refractivity contribution in [1.29, 1.82) is 0 Å². The van der Waals surface area contributed by atoms with Crippen LogP contribution >= 0.6 is 27.5 Å². The van der Waals surface area contributed by atoms with Gasteiger partial charge in [-0.05, 0) is 6.42 Å². The second-order valence-electron chi connectivity index (χ2n) is 2.87. The number of hydrogen-bond acceptors (Lipinski definition) is 3. The van der Waals surface area contributed by atoms with E-state index in [4.69, 9.17) is 11.6 Å². The molecule has 5 heteroatoms. The molecule has 0 spiro atoms. The molecule has 0 aromatic carbocycles. The lowest BCUT2D eigenvalue weighted by Gasteiger charge is -2.22. The molecule has 0 aliphatic rings. The van der Waals surface area contributed by atoms with E-state index in [1.165, 1.54) is 6.33 Å². The van der Waals surface area contributed by atoms with Crippen molar-refractivity contribution in [2.45, 2.75) is 13.3 Å². The molecule has 0 radical (unpaired) electrons. The number of aromatic nitrogens is 2. The van der Waals surface area contributed by atoms with Crippen LogP contribution in [0, 0.1) is 0 Å². The third-order valence-corrected chi connectivity index (χ3v) is 2.42. The van der Waals surface area contributed by atoms with E-state index in [2.05, 4.69) is 37.7 Å². The molecule has 0 amide bonds. The normalized spacial score (nSPS) is 10.2. The lowest BCUT2D eigenvalue weighted by atomic mass is 10.4. The quantitative estimate of drug-likeness (QED) is 0.776. The van der Waals surface area contributed by atoms with Gasteiger partial charge in [0, 0.05) is 18.4 Å². The van der Waals surface area contributed by atoms with Gasteiger partial charge in [-0.3, -0.25) is 0 Å². The van der Waals surface area contributed by atoms with Crippen LogP contribution in [0.25, 0.3) is 0 Å². The first-order valence-corrected chi connectivity index (χ1v) is 6.06. The second-order valence-corrected chi connectivity index (χ2v) is 4.07. The molecule has 0 saturated carbocycles. The lowest BCUT2D eigenvalue weighted by molar-refractivity contribution is 0.782. The Bertz CT molecular complexity index is 277. The van der Waals surface area contributed by atoms with Crippen LogP contribution in [0.3, 0.4) is 0 Å². The zero-order valence-electron chi connectivity index (χ0n) is 8.08. The standard InChI is InChI=1S/C9H13BrClN3/c1-2-4-14(5-3-10)9-8(11)6-12-7-13-9/h6-7H,2-5H2,1H3. The zero-order valence-corrected chi connectivity index (χ0v) is 10.4. The van der Waals surface area contributed by atoms with Crippen LogP contribution in [0.5, 0.6) is 0 Å². The fourth-order valence-electron chi connectivity index (χ4n) is 1.23. The monoisotopic (exact) mass is 277 g/mol. The number of anilines is 1. The highest BCUT2D eigenvalue weighted by Gasteiger charge is 2.09. The molecule has 0 unspecified atom stereocenters. The topological polar surface area (TPSA) is 29.0 Å². The van der Waals surface area contributed by atoms with Gasteiger partial charge in [0.2, 0.25) is 0 Å². The van der Waals surface area contributed by atoms with Crippen LogP contribution in [-0.2, 0) is 0 Å². The van der Waals surface area contributed by atoms with Gasteiger partial charge in [0.1, 0.15) is 11.3 Å². The maximum absolute atomic E-state index is 6.01. The van der Waals surface area contributed by atoms with Gasteiger partial charge in [-0.25, -0.2) is 9.97 Å². The van der Waals surface area contributed by atoms with Gasteiger partial charge in [-0.2, -0.15) is 0 Å². The van der Waals surface area contributed by atoms with Crippen LogP contribution in [0.15, 0.2) is 12.5 Å². The van der Waals surface area contributed by atoms with Crippen molar-refractivity contribution in [1.82, 2.24) is 9.97 Å². The molecular formula is C9H13BrClN3. The Kier molecular flexibility index (Phi) is 5.19. The van der Waals surface area contributed by atoms with Crippen LogP contribution in [-0.4, -0.2) is 28.4 Å². The molecule has 1 aromatic heterocycles. The molecule has 1 aromatic rings. The van der Waals surface area contributed by atoms with E-state index in [0.29, 0.717) is 5.02 Å². The van der Waals surface area contributed by atoms with E-state index in [1.807, 2.05) is 0 Å². The Labute approximate surface area is 97.6 Å². The van der Waals surface area contributed by atoms with E-state index in [0.717, 1.165) is 30.7 Å². The fraction of sp³-hybridized carbons (Fsp3) is 0.556. The zero-order chi connectivity index (χ0) is 10.4. The van der Waals surface area contributed by atoms with Crippen molar-refractivity contribution in [3.63, 3.8) is 0 Å². The van der Waals surface area contributed by atoms with Gasteiger partial charge >= 0.3 is 0 Å². The number of nitrogens with zero attached hydrogens (tertiary/aromatic N) is 3. The summed E-state index contributed by atoms with van der Waals surface area (Å²) in [6, 6.07) is 0. The Morgan fingerprint density at radius 1 is 1.50 bits per heavy atom. The average Bonchev–Trinajstić information content (AvgIpc) is 2.18. The first-order chi connectivity index (χ1) is 6.79. The molecule has 0 aliphatic heterocycles. The van der Waals surface area contributed by atoms with E-state index >= 15 is 0 Å². The number of rotatable bonds is 5. The van der Waals surface area contributed by atoms with Gasteiger partial charge in [-0.1, -0.05) is 34.5 Å². The van der Waals surface area contributed by atoms with Gasteiger partial charge in [0.15, 0.2) is 5.82 Å². The summed E-state index contributed by atoms with van der Waals surface area (Å²) in [7, 11) is 0.